The van der Waals surface area contributed by atoms with Crippen molar-refractivity contribution in [3.8, 4) is 6.07 Å². The van der Waals surface area contributed by atoms with Gasteiger partial charge in [0.1, 0.15) is 16.8 Å². The van der Waals surface area contributed by atoms with E-state index in [-0.39, 0.29) is 0 Å². The zero-order valence-corrected chi connectivity index (χ0v) is 10.3. The molecule has 0 radical (unpaired) electrons. The van der Waals surface area contributed by atoms with E-state index in [1.165, 1.54) is 25.7 Å². The Balaban J connectivity index is 2.29. The van der Waals surface area contributed by atoms with E-state index < -0.39 is 0 Å². The molecule has 0 unspecified atom stereocenters. The predicted molar refractivity (Wildman–Crippen MR) is 63.4 cm³/mol. The molecule has 86 valence electrons. The Hall–Kier alpha value is -1.01. The largest absolute Gasteiger partial charge is 0.249 e. The Morgan fingerprint density at radius 1 is 1.31 bits per heavy atom. The maximum Gasteiger partial charge on any atom is 0.145 e. The highest BCUT2D eigenvalue weighted by Gasteiger charge is 2.21. The minimum absolute atomic E-state index is 0.385. The lowest BCUT2D eigenvalue weighted by Gasteiger charge is -2.15. The van der Waals surface area contributed by atoms with E-state index in [2.05, 4.69) is 11.2 Å². The summed E-state index contributed by atoms with van der Waals surface area (Å²) in [5.41, 5.74) is 1.28. The van der Waals surface area contributed by atoms with Gasteiger partial charge in [-0.05, 0) is 19.8 Å². The van der Waals surface area contributed by atoms with Crippen molar-refractivity contribution in [1.82, 2.24) is 9.78 Å². The average Bonchev–Trinajstić information content (AvgIpc) is 2.49. The molecule has 2 rings (SSSR count). The Labute approximate surface area is 101 Å². The number of aromatic nitrogens is 2. The third-order valence-corrected chi connectivity index (χ3v) is 3.67. The molecule has 16 heavy (non-hydrogen) atoms. The summed E-state index contributed by atoms with van der Waals surface area (Å²) in [6, 6.07) is 2.51. The average molecular weight is 238 g/mol. The van der Waals surface area contributed by atoms with Crippen molar-refractivity contribution in [2.75, 3.05) is 0 Å². The highest BCUT2D eigenvalue weighted by molar-refractivity contribution is 6.30. The van der Waals surface area contributed by atoms with Crippen LogP contribution in [0, 0.1) is 18.3 Å². The van der Waals surface area contributed by atoms with Crippen molar-refractivity contribution >= 4 is 11.6 Å². The van der Waals surface area contributed by atoms with Crippen LogP contribution in [0.25, 0.3) is 0 Å². The molecule has 1 aromatic rings. The molecule has 0 saturated heterocycles. The number of rotatable bonds is 1. The van der Waals surface area contributed by atoms with Crippen LogP contribution in [0.3, 0.4) is 0 Å². The molecule has 1 fully saturated rings. The van der Waals surface area contributed by atoms with E-state index in [0.717, 1.165) is 18.5 Å². The monoisotopic (exact) mass is 237 g/mol. The predicted octanol–water partition coefficient (Wildman–Crippen LogP) is 3.61. The molecule has 0 spiro atoms. The van der Waals surface area contributed by atoms with Gasteiger partial charge in [0.15, 0.2) is 0 Å². The number of aryl methyl sites for hydroxylation is 1. The van der Waals surface area contributed by atoms with Crippen molar-refractivity contribution in [1.29, 1.82) is 5.26 Å². The van der Waals surface area contributed by atoms with E-state index in [1.807, 2.05) is 11.6 Å². The van der Waals surface area contributed by atoms with Crippen LogP contribution in [-0.2, 0) is 0 Å². The quantitative estimate of drug-likeness (QED) is 0.700. The Morgan fingerprint density at radius 2 is 1.94 bits per heavy atom. The summed E-state index contributed by atoms with van der Waals surface area (Å²) in [4.78, 5) is 0. The number of nitrogens with zero attached hydrogens (tertiary/aromatic N) is 3. The SMILES string of the molecule is Cc1nn(C2CCCCCC2)c(Cl)c1C#N. The van der Waals surface area contributed by atoms with Crippen LogP contribution in [0.2, 0.25) is 5.15 Å². The summed E-state index contributed by atoms with van der Waals surface area (Å²) in [5, 5.41) is 13.9. The van der Waals surface area contributed by atoms with E-state index >= 15 is 0 Å². The molecule has 0 amide bonds. The van der Waals surface area contributed by atoms with Crippen molar-refractivity contribution < 1.29 is 0 Å². The number of halogens is 1. The molecule has 0 aliphatic heterocycles. The van der Waals surface area contributed by atoms with E-state index in [9.17, 15) is 0 Å². The third-order valence-electron chi connectivity index (χ3n) is 3.31. The second-order valence-corrected chi connectivity index (χ2v) is 4.81. The van der Waals surface area contributed by atoms with Crippen LogP contribution >= 0.6 is 11.6 Å². The zero-order valence-electron chi connectivity index (χ0n) is 9.54. The Morgan fingerprint density at radius 3 is 2.44 bits per heavy atom. The lowest BCUT2D eigenvalue weighted by molar-refractivity contribution is 0.404. The van der Waals surface area contributed by atoms with Gasteiger partial charge in [-0.3, -0.25) is 0 Å². The fraction of sp³-hybridized carbons (Fsp3) is 0.667. The fourth-order valence-electron chi connectivity index (χ4n) is 2.39. The van der Waals surface area contributed by atoms with Gasteiger partial charge in [-0.2, -0.15) is 10.4 Å². The normalized spacial score (nSPS) is 18.1. The second kappa shape index (κ2) is 4.88. The van der Waals surface area contributed by atoms with Gasteiger partial charge in [0, 0.05) is 0 Å². The molecule has 1 aromatic heterocycles. The summed E-state index contributed by atoms with van der Waals surface area (Å²) >= 11 is 6.19. The first kappa shape index (κ1) is 11.5. The standard InChI is InChI=1S/C12H16ClN3/c1-9-11(8-14)12(13)16(15-9)10-6-4-2-3-5-7-10/h10H,2-7H2,1H3. The molecule has 1 saturated carbocycles. The molecule has 0 aromatic carbocycles. The number of hydrogen-bond acceptors (Lipinski definition) is 2. The Bertz CT molecular complexity index is 409. The minimum atomic E-state index is 0.385. The van der Waals surface area contributed by atoms with Crippen molar-refractivity contribution in [2.45, 2.75) is 51.5 Å². The first-order valence-corrected chi connectivity index (χ1v) is 6.26. The molecular formula is C12H16ClN3. The molecular weight excluding hydrogens is 222 g/mol. The van der Waals surface area contributed by atoms with Gasteiger partial charge in [-0.1, -0.05) is 37.3 Å². The summed E-state index contributed by atoms with van der Waals surface area (Å²) in [5.74, 6) is 0. The van der Waals surface area contributed by atoms with Gasteiger partial charge < -0.3 is 0 Å². The molecule has 1 heterocycles. The molecule has 0 atom stereocenters. The topological polar surface area (TPSA) is 41.6 Å². The molecule has 4 heteroatoms. The summed E-state index contributed by atoms with van der Waals surface area (Å²) in [7, 11) is 0. The van der Waals surface area contributed by atoms with Gasteiger partial charge in [0.2, 0.25) is 0 Å². The van der Waals surface area contributed by atoms with Crippen LogP contribution in [-0.4, -0.2) is 9.78 Å². The van der Waals surface area contributed by atoms with Gasteiger partial charge in [-0.15, -0.1) is 0 Å². The van der Waals surface area contributed by atoms with Crippen molar-refractivity contribution in [3.05, 3.63) is 16.4 Å². The highest BCUT2D eigenvalue weighted by Crippen LogP contribution is 2.31. The fourth-order valence-corrected chi connectivity index (χ4v) is 2.75. The van der Waals surface area contributed by atoms with Crippen LogP contribution in [0.5, 0.6) is 0 Å². The summed E-state index contributed by atoms with van der Waals surface area (Å²) < 4.78 is 1.86. The first-order chi connectivity index (χ1) is 7.74. The third kappa shape index (κ3) is 2.08. The van der Waals surface area contributed by atoms with E-state index in [0.29, 0.717) is 16.8 Å². The van der Waals surface area contributed by atoms with Crippen molar-refractivity contribution in [2.24, 2.45) is 0 Å². The van der Waals surface area contributed by atoms with Crippen LogP contribution in [0.4, 0.5) is 0 Å². The minimum Gasteiger partial charge on any atom is -0.249 e. The maximum atomic E-state index is 8.98. The maximum absolute atomic E-state index is 8.98. The van der Waals surface area contributed by atoms with E-state index in [4.69, 9.17) is 16.9 Å². The Kier molecular flexibility index (Phi) is 3.50. The summed E-state index contributed by atoms with van der Waals surface area (Å²) in [6.07, 6.45) is 7.35. The molecule has 3 nitrogen and oxygen atoms in total. The molecule has 0 bridgehead atoms. The molecule has 1 aliphatic rings. The van der Waals surface area contributed by atoms with Crippen LogP contribution < -0.4 is 0 Å². The summed E-state index contributed by atoms with van der Waals surface area (Å²) in [6.45, 7) is 1.84. The van der Waals surface area contributed by atoms with Crippen LogP contribution in [0.15, 0.2) is 0 Å². The number of hydrogen-bond donors (Lipinski definition) is 0. The first-order valence-electron chi connectivity index (χ1n) is 5.88. The second-order valence-electron chi connectivity index (χ2n) is 4.45. The lowest BCUT2D eigenvalue weighted by atomic mass is 10.1. The highest BCUT2D eigenvalue weighted by atomic mass is 35.5. The smallest absolute Gasteiger partial charge is 0.145 e. The van der Waals surface area contributed by atoms with Gasteiger partial charge >= 0.3 is 0 Å². The van der Waals surface area contributed by atoms with Gasteiger partial charge in [-0.25, -0.2) is 4.68 Å². The van der Waals surface area contributed by atoms with Crippen molar-refractivity contribution in [3.63, 3.8) is 0 Å². The molecule has 0 N–H and O–H groups in total. The molecule has 1 aliphatic carbocycles. The van der Waals surface area contributed by atoms with Gasteiger partial charge in [0.25, 0.3) is 0 Å². The lowest BCUT2D eigenvalue weighted by Crippen LogP contribution is -2.10. The number of nitriles is 1. The van der Waals surface area contributed by atoms with Crippen LogP contribution in [0.1, 0.15) is 55.8 Å². The zero-order chi connectivity index (χ0) is 11.5. The van der Waals surface area contributed by atoms with E-state index in [1.54, 1.807) is 0 Å². The van der Waals surface area contributed by atoms with Gasteiger partial charge in [0.05, 0.1) is 11.7 Å².